The van der Waals surface area contributed by atoms with Crippen LogP contribution in [0.5, 0.6) is 0 Å². The standard InChI is InChI=1S/C32H54N6O7/c1-16(2)21(14-34-30(44)45-17(3)4)36-29(43)37-25(31(5,6)7)28(42)38-15-19-22(32(19,8)9)23(38)27(41)35-20(24(39)26(33)40)13-18-11-10-12-18/h16-23,25H,10-15H2,1-9H3,(H2,33,40)(H,34,44)(H,35,41)(H2,36,37,43)/t19-,20?,21+,22-,23-,25+/m0/s1. The monoisotopic (exact) mass is 634 g/mol. The van der Waals surface area contributed by atoms with Crippen LogP contribution >= 0.6 is 0 Å². The number of carbonyl (C=O) groups is 6. The number of alkyl carbamates (subject to hydrolysis) is 1. The molecule has 0 spiro atoms. The SMILES string of the molecule is CC(C)OC(=O)NC[C@@H](NC(=O)N[C@H](C(=O)N1C[C@H]2[C@@H]([C@H]1C(=O)NC(CC1CCC1)C(=O)C(N)=O)C2(C)C)C(C)(C)C)C(C)C. The van der Waals surface area contributed by atoms with E-state index in [9.17, 15) is 28.8 Å². The molecule has 0 radical (unpaired) electrons. The maximum absolute atomic E-state index is 14.2. The van der Waals surface area contributed by atoms with E-state index in [0.717, 1.165) is 19.3 Å². The Morgan fingerprint density at radius 1 is 0.978 bits per heavy atom. The van der Waals surface area contributed by atoms with Crippen LogP contribution in [0.3, 0.4) is 0 Å². The summed E-state index contributed by atoms with van der Waals surface area (Å²) in [6.07, 6.45) is 2.32. The molecule has 3 aliphatic rings. The molecule has 6 atom stereocenters. The van der Waals surface area contributed by atoms with Crippen LogP contribution in [0.1, 0.15) is 88.0 Å². The van der Waals surface area contributed by atoms with Crippen molar-refractivity contribution in [2.75, 3.05) is 13.1 Å². The van der Waals surface area contributed by atoms with Crippen LogP contribution in [0, 0.1) is 34.5 Å². The number of carbonyl (C=O) groups excluding carboxylic acids is 6. The van der Waals surface area contributed by atoms with Crippen LogP contribution in [0.15, 0.2) is 0 Å². The molecule has 1 unspecified atom stereocenters. The highest BCUT2D eigenvalue weighted by molar-refractivity contribution is 6.37. The number of urea groups is 1. The largest absolute Gasteiger partial charge is 0.447 e. The highest BCUT2D eigenvalue weighted by atomic mass is 16.6. The number of fused-ring (bicyclic) bond motifs is 1. The summed E-state index contributed by atoms with van der Waals surface area (Å²) in [5, 5.41) is 11.1. The molecule has 1 heterocycles. The van der Waals surface area contributed by atoms with E-state index in [-0.39, 0.29) is 41.7 Å². The molecule has 3 fully saturated rings. The second kappa shape index (κ2) is 13.9. The van der Waals surface area contributed by atoms with Crippen molar-refractivity contribution in [2.45, 2.75) is 118 Å². The number of likely N-dealkylation sites (tertiary alicyclic amines) is 1. The van der Waals surface area contributed by atoms with Crippen molar-refractivity contribution in [3.05, 3.63) is 0 Å². The molecule has 13 nitrogen and oxygen atoms in total. The van der Waals surface area contributed by atoms with E-state index in [1.807, 2.05) is 34.6 Å². The lowest BCUT2D eigenvalue weighted by molar-refractivity contribution is -0.145. The smallest absolute Gasteiger partial charge is 0.407 e. The van der Waals surface area contributed by atoms with Gasteiger partial charge in [-0.3, -0.25) is 19.2 Å². The summed E-state index contributed by atoms with van der Waals surface area (Å²) in [5.41, 5.74) is 4.41. The molecule has 0 aromatic rings. The summed E-state index contributed by atoms with van der Waals surface area (Å²) < 4.78 is 5.11. The lowest BCUT2D eigenvalue weighted by atomic mass is 9.80. The molecule has 6 N–H and O–H groups in total. The maximum Gasteiger partial charge on any atom is 0.407 e. The van der Waals surface area contributed by atoms with Crippen LogP contribution in [-0.2, 0) is 23.9 Å². The second-order valence-corrected chi connectivity index (χ2v) is 15.3. The summed E-state index contributed by atoms with van der Waals surface area (Å²) in [4.78, 5) is 79.3. The van der Waals surface area contributed by atoms with E-state index < -0.39 is 65.2 Å². The lowest BCUT2D eigenvalue weighted by Gasteiger charge is -2.38. The number of hydrogen-bond acceptors (Lipinski definition) is 7. The molecular formula is C32H54N6O7. The number of primary amides is 1. The molecular weight excluding hydrogens is 580 g/mol. The maximum atomic E-state index is 14.2. The number of rotatable bonds is 13. The number of ketones is 1. The topological polar surface area (TPSA) is 189 Å². The zero-order chi connectivity index (χ0) is 34.0. The fraction of sp³-hybridized carbons (Fsp3) is 0.812. The third-order valence-electron chi connectivity index (χ3n) is 9.75. The molecule has 0 aromatic heterocycles. The summed E-state index contributed by atoms with van der Waals surface area (Å²) >= 11 is 0. The molecule has 2 aliphatic carbocycles. The van der Waals surface area contributed by atoms with E-state index >= 15 is 0 Å². The van der Waals surface area contributed by atoms with E-state index in [0.29, 0.717) is 13.0 Å². The Morgan fingerprint density at radius 2 is 1.60 bits per heavy atom. The molecule has 2 saturated carbocycles. The van der Waals surface area contributed by atoms with Gasteiger partial charge in [-0.25, -0.2) is 9.59 Å². The van der Waals surface area contributed by atoms with Crippen molar-refractivity contribution in [3.63, 3.8) is 0 Å². The van der Waals surface area contributed by atoms with Crippen molar-refractivity contribution < 1.29 is 33.5 Å². The summed E-state index contributed by atoms with van der Waals surface area (Å²) in [6.45, 7) is 17.3. The van der Waals surface area contributed by atoms with E-state index in [1.165, 1.54) is 4.90 Å². The number of ether oxygens (including phenoxy) is 1. The van der Waals surface area contributed by atoms with Gasteiger partial charge in [0.05, 0.1) is 18.2 Å². The number of nitrogens with two attached hydrogens (primary N) is 1. The normalized spacial score (nSPS) is 24.1. The number of hydrogen-bond donors (Lipinski definition) is 5. The number of Topliss-reactive ketones (excluding diaryl/α,β-unsaturated/α-hetero) is 1. The Kier molecular flexibility index (Phi) is 11.2. The number of nitrogens with zero attached hydrogens (tertiary/aromatic N) is 1. The van der Waals surface area contributed by atoms with Gasteiger partial charge in [-0.05, 0) is 54.8 Å². The lowest BCUT2D eigenvalue weighted by Crippen LogP contribution is -2.62. The molecule has 1 aliphatic heterocycles. The van der Waals surface area contributed by atoms with Gasteiger partial charge in [0.25, 0.3) is 5.91 Å². The highest BCUT2D eigenvalue weighted by Crippen LogP contribution is 2.65. The van der Waals surface area contributed by atoms with Crippen LogP contribution in [0.2, 0.25) is 0 Å². The van der Waals surface area contributed by atoms with Crippen molar-refractivity contribution in [2.24, 2.45) is 40.2 Å². The summed E-state index contributed by atoms with van der Waals surface area (Å²) in [7, 11) is 0. The van der Waals surface area contributed by atoms with Gasteiger partial charge in [0.2, 0.25) is 17.6 Å². The summed E-state index contributed by atoms with van der Waals surface area (Å²) in [6, 6.07) is -3.93. The van der Waals surface area contributed by atoms with Gasteiger partial charge in [0.1, 0.15) is 12.1 Å². The Balaban J connectivity index is 1.76. The third kappa shape index (κ3) is 8.66. The summed E-state index contributed by atoms with van der Waals surface area (Å²) in [5.74, 6) is -2.71. The first-order valence-corrected chi connectivity index (χ1v) is 16.2. The number of nitrogens with one attached hydrogen (secondary N) is 4. The first kappa shape index (κ1) is 36.1. The van der Waals surface area contributed by atoms with Crippen LogP contribution in [0.4, 0.5) is 9.59 Å². The Labute approximate surface area is 266 Å². The zero-order valence-corrected chi connectivity index (χ0v) is 28.3. The third-order valence-corrected chi connectivity index (χ3v) is 9.75. The quantitative estimate of drug-likeness (QED) is 0.192. The molecule has 0 bridgehead atoms. The molecule has 0 aromatic carbocycles. The fourth-order valence-electron chi connectivity index (χ4n) is 6.59. The van der Waals surface area contributed by atoms with E-state index in [4.69, 9.17) is 10.5 Å². The van der Waals surface area contributed by atoms with Gasteiger partial charge < -0.3 is 36.6 Å². The minimum absolute atomic E-state index is 0.0455. The van der Waals surface area contributed by atoms with Gasteiger partial charge in [-0.15, -0.1) is 0 Å². The van der Waals surface area contributed by atoms with Crippen molar-refractivity contribution in [3.8, 4) is 0 Å². The average molecular weight is 635 g/mol. The van der Waals surface area contributed by atoms with Gasteiger partial charge in [0.15, 0.2) is 0 Å². The molecule has 45 heavy (non-hydrogen) atoms. The molecule has 254 valence electrons. The Bertz CT molecular complexity index is 1160. The number of piperidine rings is 1. The second-order valence-electron chi connectivity index (χ2n) is 15.3. The average Bonchev–Trinajstić information content (AvgIpc) is 3.20. The number of amides is 6. The predicted octanol–water partition coefficient (Wildman–Crippen LogP) is 2.07. The minimum Gasteiger partial charge on any atom is -0.447 e. The van der Waals surface area contributed by atoms with E-state index in [2.05, 4.69) is 35.1 Å². The van der Waals surface area contributed by atoms with Gasteiger partial charge in [-0.2, -0.15) is 0 Å². The van der Waals surface area contributed by atoms with Crippen molar-refractivity contribution in [1.82, 2.24) is 26.2 Å². The zero-order valence-electron chi connectivity index (χ0n) is 28.3. The van der Waals surface area contributed by atoms with Crippen LogP contribution in [0.25, 0.3) is 0 Å². The van der Waals surface area contributed by atoms with Gasteiger partial charge >= 0.3 is 12.1 Å². The Morgan fingerprint density at radius 3 is 2.09 bits per heavy atom. The van der Waals surface area contributed by atoms with Crippen molar-refractivity contribution in [1.29, 1.82) is 0 Å². The van der Waals surface area contributed by atoms with Gasteiger partial charge in [-0.1, -0.05) is 67.7 Å². The first-order valence-electron chi connectivity index (χ1n) is 16.2. The highest BCUT2D eigenvalue weighted by Gasteiger charge is 2.70. The van der Waals surface area contributed by atoms with Gasteiger partial charge in [0, 0.05) is 13.1 Å². The molecule has 6 amide bonds. The molecule has 13 heteroatoms. The van der Waals surface area contributed by atoms with Crippen LogP contribution in [-0.4, -0.2) is 83.9 Å². The molecule has 1 saturated heterocycles. The first-order chi connectivity index (χ1) is 20.7. The van der Waals surface area contributed by atoms with Crippen LogP contribution < -0.4 is 27.0 Å². The minimum atomic E-state index is -1.10. The molecule has 3 rings (SSSR count). The predicted molar refractivity (Wildman–Crippen MR) is 168 cm³/mol. The Hall–Kier alpha value is -3.38. The van der Waals surface area contributed by atoms with Crippen molar-refractivity contribution >= 4 is 35.6 Å². The van der Waals surface area contributed by atoms with E-state index in [1.54, 1.807) is 13.8 Å². The fourth-order valence-corrected chi connectivity index (χ4v) is 6.59.